The molecule has 0 aromatic heterocycles. The van der Waals surface area contributed by atoms with Gasteiger partial charge in [-0.1, -0.05) is 18.5 Å². The van der Waals surface area contributed by atoms with E-state index < -0.39 is 22.5 Å². The molecule has 1 N–H and O–H groups in total. The van der Waals surface area contributed by atoms with Gasteiger partial charge in [0.25, 0.3) is 15.9 Å². The Hall–Kier alpha value is -3.76. The summed E-state index contributed by atoms with van der Waals surface area (Å²) in [6, 6.07) is 17.4. The first-order valence-corrected chi connectivity index (χ1v) is 13.1. The van der Waals surface area contributed by atoms with E-state index in [1.165, 1.54) is 50.6 Å². The van der Waals surface area contributed by atoms with E-state index in [1.807, 2.05) is 6.92 Å². The molecule has 0 saturated heterocycles. The normalized spacial score (nSPS) is 11.5. The Labute approximate surface area is 221 Å². The summed E-state index contributed by atoms with van der Waals surface area (Å²) in [4.78, 5) is 12.9. The third-order valence-corrected chi connectivity index (χ3v) is 7.46. The number of hydrogen-bond donors (Lipinski definition) is 1. The number of carbonyl (C=O) groups is 1. The van der Waals surface area contributed by atoms with Gasteiger partial charge in [-0.2, -0.15) is 5.10 Å². The van der Waals surface area contributed by atoms with Gasteiger partial charge in [0, 0.05) is 10.6 Å². The van der Waals surface area contributed by atoms with Gasteiger partial charge in [-0.25, -0.2) is 13.8 Å². The van der Waals surface area contributed by atoms with Gasteiger partial charge in [0.2, 0.25) is 0 Å². The Kier molecular flexibility index (Phi) is 9.37. The largest absolute Gasteiger partial charge is 0.497 e. The van der Waals surface area contributed by atoms with Crippen LogP contribution in [0.1, 0.15) is 18.9 Å². The first kappa shape index (κ1) is 27.8. The van der Waals surface area contributed by atoms with Crippen molar-refractivity contribution in [3.8, 4) is 17.2 Å². The van der Waals surface area contributed by atoms with Gasteiger partial charge < -0.3 is 14.2 Å². The third-order valence-electron chi connectivity index (χ3n) is 5.42. The van der Waals surface area contributed by atoms with Crippen LogP contribution in [-0.4, -0.2) is 47.9 Å². The molecule has 0 aliphatic heterocycles. The number of anilines is 1. The highest BCUT2D eigenvalue weighted by Crippen LogP contribution is 2.28. The van der Waals surface area contributed by atoms with E-state index >= 15 is 0 Å². The maximum atomic E-state index is 13.5. The minimum Gasteiger partial charge on any atom is -0.497 e. The highest BCUT2D eigenvalue weighted by atomic mass is 35.5. The van der Waals surface area contributed by atoms with E-state index in [4.69, 9.17) is 25.8 Å². The van der Waals surface area contributed by atoms with Crippen LogP contribution in [0.2, 0.25) is 5.02 Å². The van der Waals surface area contributed by atoms with Gasteiger partial charge in [0.1, 0.15) is 12.3 Å². The zero-order valence-corrected chi connectivity index (χ0v) is 22.5. The number of hydrazone groups is 1. The van der Waals surface area contributed by atoms with Crippen LogP contribution >= 0.6 is 11.6 Å². The molecular formula is C26H28ClN3O6S. The molecule has 0 bridgehead atoms. The summed E-state index contributed by atoms with van der Waals surface area (Å²) >= 11 is 5.99. The average molecular weight is 546 g/mol. The zero-order chi connectivity index (χ0) is 27.0. The number of carbonyl (C=O) groups excluding carboxylic acids is 1. The molecule has 0 aliphatic carbocycles. The van der Waals surface area contributed by atoms with Crippen LogP contribution in [0, 0.1) is 0 Å². The highest BCUT2D eigenvalue weighted by Gasteiger charge is 2.27. The molecule has 1 amide bonds. The zero-order valence-electron chi connectivity index (χ0n) is 20.9. The van der Waals surface area contributed by atoms with Crippen molar-refractivity contribution < 1.29 is 27.4 Å². The Balaban J connectivity index is 1.89. The molecule has 0 spiro atoms. The van der Waals surface area contributed by atoms with Crippen molar-refractivity contribution in [2.45, 2.75) is 18.2 Å². The molecule has 0 aliphatic rings. The number of sulfonamides is 1. The van der Waals surface area contributed by atoms with Crippen LogP contribution in [0.25, 0.3) is 0 Å². The van der Waals surface area contributed by atoms with Crippen LogP contribution in [0.5, 0.6) is 17.2 Å². The number of halogens is 1. The summed E-state index contributed by atoms with van der Waals surface area (Å²) < 4.78 is 43.7. The van der Waals surface area contributed by atoms with Crippen LogP contribution in [0.15, 0.2) is 76.7 Å². The molecule has 196 valence electrons. The van der Waals surface area contributed by atoms with Crippen LogP contribution in [-0.2, 0) is 14.8 Å². The van der Waals surface area contributed by atoms with Crippen molar-refractivity contribution in [1.82, 2.24) is 5.43 Å². The molecule has 0 unspecified atom stereocenters. The second-order valence-electron chi connectivity index (χ2n) is 7.68. The lowest BCUT2D eigenvalue weighted by Gasteiger charge is -2.24. The van der Waals surface area contributed by atoms with Crippen molar-refractivity contribution in [2.24, 2.45) is 5.10 Å². The lowest BCUT2D eigenvalue weighted by molar-refractivity contribution is -0.119. The number of rotatable bonds is 11. The van der Waals surface area contributed by atoms with Gasteiger partial charge in [-0.05, 0) is 73.2 Å². The Morgan fingerprint density at radius 2 is 1.57 bits per heavy atom. The van der Waals surface area contributed by atoms with Crippen LogP contribution < -0.4 is 23.9 Å². The molecule has 3 aromatic rings. The van der Waals surface area contributed by atoms with Crippen molar-refractivity contribution in [1.29, 1.82) is 0 Å². The lowest BCUT2D eigenvalue weighted by Crippen LogP contribution is -2.39. The average Bonchev–Trinajstić information content (AvgIpc) is 2.92. The van der Waals surface area contributed by atoms with Crippen molar-refractivity contribution in [3.63, 3.8) is 0 Å². The number of nitrogens with one attached hydrogen (secondary N) is 1. The Morgan fingerprint density at radius 1 is 0.919 bits per heavy atom. The molecule has 11 heteroatoms. The van der Waals surface area contributed by atoms with E-state index in [0.717, 1.165) is 9.87 Å². The molecule has 3 rings (SSSR count). The van der Waals surface area contributed by atoms with Gasteiger partial charge in [0.15, 0.2) is 11.5 Å². The molecule has 0 radical (unpaired) electrons. The SMILES string of the molecule is CC/C(=N/NC(=O)CN(c1ccc(Cl)cc1)S(=O)(=O)c1ccc(OC)cc1)c1ccc(OC)c(OC)c1. The fraction of sp³-hybridized carbons (Fsp3) is 0.231. The van der Waals surface area contributed by atoms with Gasteiger partial charge in [-0.3, -0.25) is 9.10 Å². The van der Waals surface area contributed by atoms with Gasteiger partial charge in [-0.15, -0.1) is 0 Å². The number of methoxy groups -OCH3 is 3. The number of ether oxygens (including phenoxy) is 3. The van der Waals surface area contributed by atoms with Crippen LogP contribution in [0.4, 0.5) is 5.69 Å². The fourth-order valence-electron chi connectivity index (χ4n) is 3.46. The van der Waals surface area contributed by atoms with Crippen molar-refractivity contribution in [3.05, 3.63) is 77.3 Å². The predicted octanol–water partition coefficient (Wildman–Crippen LogP) is 4.49. The van der Waals surface area contributed by atoms with E-state index in [0.29, 0.717) is 34.4 Å². The van der Waals surface area contributed by atoms with Crippen molar-refractivity contribution in [2.75, 3.05) is 32.2 Å². The summed E-state index contributed by atoms with van der Waals surface area (Å²) in [6.07, 6.45) is 0.501. The van der Waals surface area contributed by atoms with E-state index in [2.05, 4.69) is 10.5 Å². The standard InChI is InChI=1S/C26H28ClN3O6S/c1-5-23(18-6-15-24(35-3)25(16-18)36-4)28-29-26(31)17-30(20-9-7-19(27)8-10-20)37(32,33)22-13-11-21(34-2)12-14-22/h6-16H,5,17H2,1-4H3,(H,29,31)/b28-23-. The maximum absolute atomic E-state index is 13.5. The first-order chi connectivity index (χ1) is 17.7. The number of hydrogen-bond acceptors (Lipinski definition) is 7. The van der Waals surface area contributed by atoms with Crippen molar-refractivity contribution >= 4 is 38.9 Å². The Morgan fingerprint density at radius 3 is 2.14 bits per heavy atom. The summed E-state index contributed by atoms with van der Waals surface area (Å²) in [5.74, 6) is 0.963. The quantitative estimate of drug-likeness (QED) is 0.281. The molecular weight excluding hydrogens is 518 g/mol. The van der Waals surface area contributed by atoms with E-state index in [-0.39, 0.29) is 10.6 Å². The molecule has 37 heavy (non-hydrogen) atoms. The smallest absolute Gasteiger partial charge is 0.264 e. The maximum Gasteiger partial charge on any atom is 0.264 e. The first-order valence-electron chi connectivity index (χ1n) is 11.2. The minimum absolute atomic E-state index is 0.000809. The number of nitrogens with zero attached hydrogens (tertiary/aromatic N) is 2. The second kappa shape index (κ2) is 12.5. The fourth-order valence-corrected chi connectivity index (χ4v) is 5.00. The third kappa shape index (κ3) is 6.72. The summed E-state index contributed by atoms with van der Waals surface area (Å²) in [5.41, 5.74) is 4.05. The monoisotopic (exact) mass is 545 g/mol. The molecule has 0 atom stereocenters. The Bertz CT molecular complexity index is 1360. The summed E-state index contributed by atoms with van der Waals surface area (Å²) in [7, 11) is 0.451. The summed E-state index contributed by atoms with van der Waals surface area (Å²) in [5, 5.41) is 4.68. The van der Waals surface area contributed by atoms with Gasteiger partial charge >= 0.3 is 0 Å². The second-order valence-corrected chi connectivity index (χ2v) is 9.98. The molecule has 0 heterocycles. The summed E-state index contributed by atoms with van der Waals surface area (Å²) in [6.45, 7) is 1.37. The van der Waals surface area contributed by atoms with E-state index in [1.54, 1.807) is 37.4 Å². The minimum atomic E-state index is -4.11. The number of benzene rings is 3. The highest BCUT2D eigenvalue weighted by molar-refractivity contribution is 7.92. The molecule has 3 aromatic carbocycles. The van der Waals surface area contributed by atoms with Crippen LogP contribution in [0.3, 0.4) is 0 Å². The molecule has 0 fully saturated rings. The molecule has 9 nitrogen and oxygen atoms in total. The van der Waals surface area contributed by atoms with E-state index in [9.17, 15) is 13.2 Å². The lowest BCUT2D eigenvalue weighted by atomic mass is 10.1. The number of amides is 1. The topological polar surface area (TPSA) is 107 Å². The van der Waals surface area contributed by atoms with Gasteiger partial charge in [0.05, 0.1) is 37.6 Å². The molecule has 0 saturated carbocycles. The predicted molar refractivity (Wildman–Crippen MR) is 143 cm³/mol.